The third-order valence-electron chi connectivity index (χ3n) is 5.69. The van der Waals surface area contributed by atoms with Crippen molar-refractivity contribution in [1.29, 1.82) is 0 Å². The number of hydrogen-bond donors (Lipinski definition) is 1. The maximum Gasteiger partial charge on any atom is 0.0754 e. The number of terminal acetylenes is 1. The van der Waals surface area contributed by atoms with Crippen molar-refractivity contribution >= 4 is 0 Å². The van der Waals surface area contributed by atoms with E-state index in [4.69, 9.17) is 6.42 Å². The van der Waals surface area contributed by atoms with Crippen LogP contribution in [-0.4, -0.2) is 10.7 Å². The van der Waals surface area contributed by atoms with Crippen LogP contribution in [0.2, 0.25) is 0 Å². The summed E-state index contributed by atoms with van der Waals surface area (Å²) in [5.41, 5.74) is -0.301. The quantitative estimate of drug-likeness (QED) is 0.571. The van der Waals surface area contributed by atoms with Crippen LogP contribution in [0.25, 0.3) is 0 Å². The van der Waals surface area contributed by atoms with Crippen LogP contribution in [0.5, 0.6) is 0 Å². The average molecular weight is 220 g/mol. The smallest absolute Gasteiger partial charge is 0.0754 e. The van der Waals surface area contributed by atoms with E-state index in [0.717, 1.165) is 19.3 Å². The van der Waals surface area contributed by atoms with Crippen molar-refractivity contribution in [1.82, 2.24) is 0 Å². The number of rotatable bonds is 3. The minimum Gasteiger partial charge on any atom is -0.389 e. The van der Waals surface area contributed by atoms with Gasteiger partial charge in [-0.05, 0) is 48.9 Å². The van der Waals surface area contributed by atoms with Gasteiger partial charge in [-0.2, -0.15) is 0 Å². The topological polar surface area (TPSA) is 20.2 Å². The molecule has 3 unspecified atom stereocenters. The van der Waals surface area contributed by atoms with E-state index in [-0.39, 0.29) is 10.8 Å². The van der Waals surface area contributed by atoms with Crippen LogP contribution >= 0.6 is 0 Å². The lowest BCUT2D eigenvalue weighted by atomic mass is 9.58. The highest BCUT2D eigenvalue weighted by Gasteiger charge is 2.67. The van der Waals surface area contributed by atoms with Crippen molar-refractivity contribution in [3.05, 3.63) is 0 Å². The summed E-state index contributed by atoms with van der Waals surface area (Å²) in [7, 11) is 0. The van der Waals surface area contributed by atoms with Crippen molar-refractivity contribution in [3.8, 4) is 12.3 Å². The Labute approximate surface area is 99.6 Å². The lowest BCUT2D eigenvalue weighted by Crippen LogP contribution is -2.53. The van der Waals surface area contributed by atoms with Gasteiger partial charge in [0, 0.05) is 6.42 Å². The fourth-order valence-electron chi connectivity index (χ4n) is 4.42. The lowest BCUT2D eigenvalue weighted by Gasteiger charge is -2.51. The van der Waals surface area contributed by atoms with Gasteiger partial charge in [0.2, 0.25) is 0 Å². The monoisotopic (exact) mass is 220 g/mol. The highest BCUT2D eigenvalue weighted by atomic mass is 16.3. The summed E-state index contributed by atoms with van der Waals surface area (Å²) in [5, 5.41) is 11.1. The van der Waals surface area contributed by atoms with E-state index in [9.17, 15) is 5.11 Å². The molecule has 16 heavy (non-hydrogen) atoms. The van der Waals surface area contributed by atoms with Crippen molar-refractivity contribution in [2.24, 2.45) is 16.7 Å². The fraction of sp³-hybridized carbons (Fsp3) is 0.867. The summed E-state index contributed by atoms with van der Waals surface area (Å²) in [6.45, 7) is 6.77. The van der Waals surface area contributed by atoms with Gasteiger partial charge in [0.25, 0.3) is 0 Å². The van der Waals surface area contributed by atoms with Gasteiger partial charge in [0.05, 0.1) is 5.60 Å². The Bertz CT molecular complexity index is 318. The maximum atomic E-state index is 11.1. The summed E-state index contributed by atoms with van der Waals surface area (Å²) in [4.78, 5) is 0. The standard InChI is InChI=1S/C15H24O/c1-5-6-7-9-15(16)13(2,3)12-8-10-14(15,4)11-12/h1,12,16H,6-11H2,2-4H3. The van der Waals surface area contributed by atoms with Crippen LogP contribution < -0.4 is 0 Å². The minimum atomic E-state index is -0.500. The Hall–Kier alpha value is -0.480. The third-order valence-corrected chi connectivity index (χ3v) is 5.69. The Morgan fingerprint density at radius 2 is 2.06 bits per heavy atom. The molecular formula is C15H24O. The van der Waals surface area contributed by atoms with E-state index < -0.39 is 5.60 Å². The number of fused-ring (bicyclic) bond motifs is 2. The van der Waals surface area contributed by atoms with E-state index in [1.807, 2.05) is 0 Å². The molecule has 0 aromatic rings. The van der Waals surface area contributed by atoms with Crippen molar-refractivity contribution < 1.29 is 5.11 Å². The first kappa shape index (κ1) is 12.0. The normalized spacial score (nSPS) is 44.6. The van der Waals surface area contributed by atoms with E-state index in [0.29, 0.717) is 5.92 Å². The van der Waals surface area contributed by atoms with Crippen molar-refractivity contribution in [2.45, 2.75) is 64.9 Å². The van der Waals surface area contributed by atoms with Gasteiger partial charge in [0.1, 0.15) is 0 Å². The second-order valence-electron chi connectivity index (χ2n) is 6.64. The average Bonchev–Trinajstić information content (AvgIpc) is 2.67. The molecule has 2 saturated carbocycles. The van der Waals surface area contributed by atoms with Crippen molar-refractivity contribution in [3.63, 3.8) is 0 Å². The van der Waals surface area contributed by atoms with Crippen LogP contribution in [0.15, 0.2) is 0 Å². The molecule has 3 atom stereocenters. The molecule has 0 spiro atoms. The summed E-state index contributed by atoms with van der Waals surface area (Å²) >= 11 is 0. The van der Waals surface area contributed by atoms with E-state index >= 15 is 0 Å². The minimum absolute atomic E-state index is 0.0641. The summed E-state index contributed by atoms with van der Waals surface area (Å²) in [5.74, 6) is 3.38. The number of aliphatic hydroxyl groups is 1. The van der Waals surface area contributed by atoms with E-state index in [1.165, 1.54) is 19.3 Å². The summed E-state index contributed by atoms with van der Waals surface area (Å²) in [6.07, 6.45) is 11.6. The molecule has 2 rings (SSSR count). The molecule has 0 saturated heterocycles. The Balaban J connectivity index is 2.21. The molecule has 0 amide bonds. The zero-order chi connectivity index (χ0) is 12.0. The molecule has 2 fully saturated rings. The van der Waals surface area contributed by atoms with Crippen molar-refractivity contribution in [2.75, 3.05) is 0 Å². The SMILES string of the molecule is C#CCCCC1(O)C2(C)CCC(C2)C1(C)C. The molecule has 2 aliphatic carbocycles. The molecule has 2 aliphatic rings. The van der Waals surface area contributed by atoms with Gasteiger partial charge >= 0.3 is 0 Å². The van der Waals surface area contributed by atoms with Crippen LogP contribution in [-0.2, 0) is 0 Å². The van der Waals surface area contributed by atoms with Crippen LogP contribution in [0.3, 0.4) is 0 Å². The molecule has 0 radical (unpaired) electrons. The molecule has 0 aromatic heterocycles. The Morgan fingerprint density at radius 3 is 2.56 bits per heavy atom. The fourth-order valence-corrected chi connectivity index (χ4v) is 4.42. The van der Waals surface area contributed by atoms with Gasteiger partial charge in [-0.3, -0.25) is 0 Å². The molecule has 1 heteroatoms. The molecule has 1 N–H and O–H groups in total. The highest BCUT2D eigenvalue weighted by molar-refractivity contribution is 5.17. The molecule has 1 nitrogen and oxygen atoms in total. The largest absolute Gasteiger partial charge is 0.389 e. The van der Waals surface area contributed by atoms with Crippen LogP contribution in [0.1, 0.15) is 59.3 Å². The first-order valence-electron chi connectivity index (χ1n) is 6.53. The maximum absolute atomic E-state index is 11.1. The zero-order valence-electron chi connectivity index (χ0n) is 10.8. The zero-order valence-corrected chi connectivity index (χ0v) is 10.8. The van der Waals surface area contributed by atoms with Crippen LogP contribution in [0.4, 0.5) is 0 Å². The van der Waals surface area contributed by atoms with E-state index in [1.54, 1.807) is 0 Å². The van der Waals surface area contributed by atoms with Gasteiger partial charge in [-0.25, -0.2) is 0 Å². The second-order valence-corrected chi connectivity index (χ2v) is 6.64. The first-order chi connectivity index (χ1) is 7.37. The molecule has 0 aromatic carbocycles. The van der Waals surface area contributed by atoms with Crippen LogP contribution in [0, 0.1) is 29.1 Å². The predicted molar refractivity (Wildman–Crippen MR) is 66.9 cm³/mol. The van der Waals surface area contributed by atoms with Gasteiger partial charge in [0.15, 0.2) is 0 Å². The number of hydrogen-bond acceptors (Lipinski definition) is 1. The highest BCUT2D eigenvalue weighted by Crippen LogP contribution is 2.69. The molecule has 90 valence electrons. The Morgan fingerprint density at radius 1 is 1.38 bits per heavy atom. The lowest BCUT2D eigenvalue weighted by molar-refractivity contribution is -0.148. The van der Waals surface area contributed by atoms with Gasteiger partial charge in [-0.15, -0.1) is 12.3 Å². The second kappa shape index (κ2) is 3.50. The van der Waals surface area contributed by atoms with E-state index in [2.05, 4.69) is 26.7 Å². The van der Waals surface area contributed by atoms with Gasteiger partial charge < -0.3 is 5.11 Å². The third kappa shape index (κ3) is 1.29. The Kier molecular flexibility index (Phi) is 2.63. The van der Waals surface area contributed by atoms with Gasteiger partial charge in [-0.1, -0.05) is 20.8 Å². The predicted octanol–water partition coefficient (Wildman–Crippen LogP) is 3.37. The number of unbranched alkanes of at least 4 members (excludes halogenated alkanes) is 1. The summed E-state index contributed by atoms with van der Waals surface area (Å²) < 4.78 is 0. The first-order valence-corrected chi connectivity index (χ1v) is 6.53. The molecular weight excluding hydrogens is 196 g/mol. The summed E-state index contributed by atoms with van der Waals surface area (Å²) in [6, 6.07) is 0. The molecule has 0 heterocycles. The molecule has 2 bridgehead atoms. The molecule has 0 aliphatic heterocycles.